The Morgan fingerprint density at radius 1 is 0.879 bits per heavy atom. The van der Waals surface area contributed by atoms with E-state index in [2.05, 4.69) is 16.0 Å². The molecule has 13 heteroatoms. The van der Waals surface area contributed by atoms with Gasteiger partial charge in [0.05, 0.1) is 31.3 Å². The number of hydrogen-bond acceptors (Lipinski definition) is 10. The summed E-state index contributed by atoms with van der Waals surface area (Å²) in [5, 5.41) is 9.25. The van der Waals surface area contributed by atoms with Gasteiger partial charge in [-0.2, -0.15) is 0 Å². The Kier molecular flexibility index (Phi) is 14.5. The second kappa shape index (κ2) is 19.3. The molecular formula is C45H58N4O9. The van der Waals surface area contributed by atoms with E-state index < -0.39 is 65.4 Å². The van der Waals surface area contributed by atoms with Gasteiger partial charge in [-0.15, -0.1) is 0 Å². The van der Waals surface area contributed by atoms with Gasteiger partial charge in [-0.3, -0.25) is 14.4 Å². The lowest BCUT2D eigenvalue weighted by molar-refractivity contribution is -0.159. The molecule has 1 aromatic heterocycles. The molecule has 1 saturated carbocycles. The van der Waals surface area contributed by atoms with Crippen LogP contribution in [0.3, 0.4) is 0 Å². The van der Waals surface area contributed by atoms with Crippen LogP contribution in [0.25, 0.3) is 22.2 Å². The number of nitrogens with one attached hydrogen (secondary N) is 3. The van der Waals surface area contributed by atoms with E-state index in [1.807, 2.05) is 48.5 Å². The number of fused-ring (bicyclic) bond motifs is 1. The topological polar surface area (TPSA) is 171 Å². The van der Waals surface area contributed by atoms with Crippen molar-refractivity contribution in [3.05, 3.63) is 66.2 Å². The van der Waals surface area contributed by atoms with Crippen LogP contribution >= 0.6 is 0 Å². The smallest absolute Gasteiger partial charge is 0.329 e. The van der Waals surface area contributed by atoms with Crippen molar-refractivity contribution in [2.24, 2.45) is 17.8 Å². The summed E-state index contributed by atoms with van der Waals surface area (Å²) in [5.41, 5.74) is 1.44. The molecule has 2 aromatic carbocycles. The Hall–Kier alpha value is -5.46. The zero-order chi connectivity index (χ0) is 42.1. The van der Waals surface area contributed by atoms with Crippen LogP contribution in [0.1, 0.15) is 86.5 Å². The van der Waals surface area contributed by atoms with Crippen LogP contribution in [0.15, 0.2) is 66.2 Å². The van der Waals surface area contributed by atoms with Crippen molar-refractivity contribution >= 4 is 40.6 Å². The lowest BCUT2D eigenvalue weighted by Gasteiger charge is -2.31. The fourth-order valence-electron chi connectivity index (χ4n) is 7.57. The number of amides is 3. The third-order valence-corrected chi connectivity index (χ3v) is 10.6. The largest absolute Gasteiger partial charge is 0.497 e. The second-order valence-electron chi connectivity index (χ2n) is 16.4. The van der Waals surface area contributed by atoms with Crippen molar-refractivity contribution in [2.75, 3.05) is 14.2 Å². The summed E-state index contributed by atoms with van der Waals surface area (Å²) in [6, 6.07) is 14.0. The van der Waals surface area contributed by atoms with Gasteiger partial charge in [0.2, 0.25) is 17.7 Å². The fourth-order valence-corrected chi connectivity index (χ4v) is 7.57. The van der Waals surface area contributed by atoms with Crippen molar-refractivity contribution in [2.45, 2.75) is 116 Å². The van der Waals surface area contributed by atoms with Gasteiger partial charge in [0.1, 0.15) is 41.3 Å². The monoisotopic (exact) mass is 798 g/mol. The number of pyridine rings is 1. The molecule has 2 aliphatic carbocycles. The lowest BCUT2D eigenvalue weighted by Crippen LogP contribution is -2.56. The van der Waals surface area contributed by atoms with E-state index in [1.165, 1.54) is 7.11 Å². The van der Waals surface area contributed by atoms with Gasteiger partial charge in [-0.05, 0) is 70.1 Å². The van der Waals surface area contributed by atoms with Crippen LogP contribution in [-0.2, 0) is 33.4 Å². The summed E-state index contributed by atoms with van der Waals surface area (Å²) in [5.74, 6) is -3.29. The van der Waals surface area contributed by atoms with Crippen LogP contribution in [-0.4, -0.2) is 78.7 Å². The Balaban J connectivity index is 1.47. The van der Waals surface area contributed by atoms with Crippen molar-refractivity contribution < 1.29 is 42.9 Å². The zero-order valence-corrected chi connectivity index (χ0v) is 34.9. The number of nitrogens with zero attached hydrogens (tertiary/aromatic N) is 1. The molecule has 0 aliphatic heterocycles. The average molecular weight is 799 g/mol. The molecule has 1 fully saturated rings. The van der Waals surface area contributed by atoms with E-state index in [1.54, 1.807) is 60.8 Å². The van der Waals surface area contributed by atoms with Gasteiger partial charge >= 0.3 is 11.9 Å². The normalized spacial score (nSPS) is 18.7. The molecule has 0 saturated heterocycles. The molecule has 3 N–H and O–H groups in total. The maximum Gasteiger partial charge on any atom is 0.329 e. The predicted molar refractivity (Wildman–Crippen MR) is 220 cm³/mol. The van der Waals surface area contributed by atoms with Crippen LogP contribution < -0.4 is 25.4 Å². The van der Waals surface area contributed by atoms with Gasteiger partial charge < -0.3 is 34.9 Å². The standard InChI is InChI=1S/C45H58N4O9/c1-9-34(43(53)58-45(4,5)6)47-40(50)32-22-30(57-37-25-35(27-16-12-10-13-17-27)46-36-24-29(55-7)20-21-31(36)37)23-33(32)41(51)48-38(26(2)3)42(52)49-39(44(54)56-8)28-18-14-11-15-19-28/h10,12-13,16-17,20-21,23-26,28,30,32,34,38-39H,9,11,14-15,18-19,22H2,1-8H3,(H,47,50)(H,48,51)(H,49,52)/t30-,32-,34-,38+,39+/m0/s1. The van der Waals surface area contributed by atoms with Gasteiger partial charge in [0, 0.05) is 35.1 Å². The SMILES string of the molecule is CC[C@H](NC(=O)[C@H]1C[C@H](Oc2cc(-c3ccccc3)nc3cc(OC)ccc23)C=C1C(=O)N[C@@H](C(=O)N[C@@H](C(=O)OC)C1CCCCC1)C(C)C)C(=O)OC(C)(C)C. The molecule has 5 rings (SSSR count). The molecular weight excluding hydrogens is 741 g/mol. The Labute approximate surface area is 341 Å². The summed E-state index contributed by atoms with van der Waals surface area (Å²) in [6.45, 7) is 10.6. The predicted octanol–water partition coefficient (Wildman–Crippen LogP) is 6.22. The highest BCUT2D eigenvalue weighted by Crippen LogP contribution is 2.36. The molecule has 5 atom stereocenters. The fraction of sp³-hybridized carbons (Fsp3) is 0.511. The van der Waals surface area contributed by atoms with Crippen LogP contribution in [0.4, 0.5) is 0 Å². The molecule has 0 bridgehead atoms. The molecule has 3 aromatic rings. The summed E-state index contributed by atoms with van der Waals surface area (Å²) in [7, 11) is 2.87. The summed E-state index contributed by atoms with van der Waals surface area (Å²) in [6.07, 6.45) is 5.66. The second-order valence-corrected chi connectivity index (χ2v) is 16.4. The average Bonchev–Trinajstić information content (AvgIpc) is 3.64. The first-order valence-electron chi connectivity index (χ1n) is 20.3. The Morgan fingerprint density at radius 2 is 1.59 bits per heavy atom. The minimum atomic E-state index is -1.05. The minimum absolute atomic E-state index is 0.0601. The molecule has 0 spiro atoms. The zero-order valence-electron chi connectivity index (χ0n) is 34.9. The number of benzene rings is 2. The Bertz CT molecular complexity index is 1980. The van der Waals surface area contributed by atoms with Crippen molar-refractivity contribution in [3.8, 4) is 22.8 Å². The maximum absolute atomic E-state index is 14.4. The van der Waals surface area contributed by atoms with Crippen molar-refractivity contribution in [1.82, 2.24) is 20.9 Å². The first-order valence-corrected chi connectivity index (χ1v) is 20.3. The molecule has 0 radical (unpaired) electrons. The molecule has 3 amide bonds. The van der Waals surface area contributed by atoms with Crippen molar-refractivity contribution in [1.29, 1.82) is 0 Å². The number of esters is 2. The highest BCUT2D eigenvalue weighted by Gasteiger charge is 2.41. The van der Waals surface area contributed by atoms with E-state index in [-0.39, 0.29) is 30.3 Å². The summed E-state index contributed by atoms with van der Waals surface area (Å²) >= 11 is 0. The third-order valence-electron chi connectivity index (χ3n) is 10.6. The first kappa shape index (κ1) is 43.7. The van der Waals surface area contributed by atoms with E-state index in [4.69, 9.17) is 23.9 Å². The number of carbonyl (C=O) groups excluding carboxylic acids is 5. The molecule has 312 valence electrons. The number of ether oxygens (including phenoxy) is 4. The molecule has 0 unspecified atom stereocenters. The molecule has 1 heterocycles. The highest BCUT2D eigenvalue weighted by molar-refractivity contribution is 6.03. The van der Waals surface area contributed by atoms with Gasteiger partial charge in [0.25, 0.3) is 0 Å². The van der Waals surface area contributed by atoms with Gasteiger partial charge in [-0.1, -0.05) is 70.4 Å². The van der Waals surface area contributed by atoms with Crippen molar-refractivity contribution in [3.63, 3.8) is 0 Å². The lowest BCUT2D eigenvalue weighted by atomic mass is 9.83. The number of carbonyl (C=O) groups is 5. The van der Waals surface area contributed by atoms with Crippen LogP contribution in [0.2, 0.25) is 0 Å². The maximum atomic E-state index is 14.4. The first-order chi connectivity index (χ1) is 27.6. The van der Waals surface area contributed by atoms with Gasteiger partial charge in [-0.25, -0.2) is 14.6 Å². The highest BCUT2D eigenvalue weighted by atomic mass is 16.6. The Morgan fingerprint density at radius 3 is 2.21 bits per heavy atom. The van der Waals surface area contributed by atoms with E-state index in [9.17, 15) is 24.0 Å². The number of hydrogen-bond donors (Lipinski definition) is 3. The van der Waals surface area contributed by atoms with Crippen LogP contribution in [0.5, 0.6) is 11.5 Å². The summed E-state index contributed by atoms with van der Waals surface area (Å²) in [4.78, 5) is 73.3. The van der Waals surface area contributed by atoms with Gasteiger partial charge in [0.15, 0.2) is 0 Å². The van der Waals surface area contributed by atoms with E-state index >= 15 is 0 Å². The number of rotatable bonds is 15. The van der Waals surface area contributed by atoms with Crippen LogP contribution in [0, 0.1) is 17.8 Å². The minimum Gasteiger partial charge on any atom is -0.497 e. The van der Waals surface area contributed by atoms with E-state index in [0.717, 1.165) is 37.7 Å². The number of methoxy groups -OCH3 is 2. The molecule has 2 aliphatic rings. The van der Waals surface area contributed by atoms with E-state index in [0.29, 0.717) is 28.1 Å². The molecule has 58 heavy (non-hydrogen) atoms. The molecule has 13 nitrogen and oxygen atoms in total. The third kappa shape index (κ3) is 10.9. The quantitative estimate of drug-likeness (QED) is 0.150. The summed E-state index contributed by atoms with van der Waals surface area (Å²) < 4.78 is 22.8. The number of aromatic nitrogens is 1.